The molecule has 3 N–H and O–H groups in total. The van der Waals surface area contributed by atoms with Crippen molar-refractivity contribution in [1.29, 1.82) is 0 Å². The number of fused-ring (bicyclic) bond motifs is 1. The van der Waals surface area contributed by atoms with Crippen LogP contribution in [0, 0.1) is 5.92 Å². The summed E-state index contributed by atoms with van der Waals surface area (Å²) in [6.07, 6.45) is 5.01. The first-order chi connectivity index (χ1) is 15.8. The van der Waals surface area contributed by atoms with Crippen molar-refractivity contribution in [3.05, 3.63) is 59.7 Å². The Kier molecular flexibility index (Phi) is 7.14. The molecule has 7 nitrogen and oxygen atoms in total. The van der Waals surface area contributed by atoms with E-state index in [9.17, 15) is 18.0 Å². The summed E-state index contributed by atoms with van der Waals surface area (Å²) in [7, 11) is -3.94. The topological polar surface area (TPSA) is 104 Å². The highest BCUT2D eigenvalue weighted by Gasteiger charge is 2.29. The molecule has 0 radical (unpaired) electrons. The van der Waals surface area contributed by atoms with Gasteiger partial charge in [0.1, 0.15) is 6.04 Å². The summed E-state index contributed by atoms with van der Waals surface area (Å²) in [6, 6.07) is 13.2. The van der Waals surface area contributed by atoms with Gasteiger partial charge in [-0.1, -0.05) is 37.3 Å². The molecule has 8 heteroatoms. The highest BCUT2D eigenvalue weighted by Crippen LogP contribution is 2.26. The standard InChI is InChI=1S/C25H31N3O4S/c1-17-7-10-20(11-8-17)26-25(30)23(15-18-5-3-2-4-6-18)28-33(31,32)21-12-13-22-19(16-21)9-14-24(29)27-22/h2-6,12-13,16-17,20,23,28H,7-11,14-15H2,1H3,(H,26,30)(H,27,29)/t17?,20?,23-/m0/s1. The summed E-state index contributed by atoms with van der Waals surface area (Å²) in [5, 5.41) is 5.84. The first-order valence-electron chi connectivity index (χ1n) is 11.6. The minimum Gasteiger partial charge on any atom is -0.352 e. The highest BCUT2D eigenvalue weighted by molar-refractivity contribution is 7.89. The third kappa shape index (κ3) is 6.00. The van der Waals surface area contributed by atoms with E-state index in [1.165, 1.54) is 6.07 Å². The lowest BCUT2D eigenvalue weighted by Gasteiger charge is -2.29. The maximum absolute atomic E-state index is 13.2. The third-order valence-corrected chi connectivity index (χ3v) is 8.01. The van der Waals surface area contributed by atoms with E-state index in [2.05, 4.69) is 22.3 Å². The van der Waals surface area contributed by atoms with Gasteiger partial charge in [-0.3, -0.25) is 9.59 Å². The lowest BCUT2D eigenvalue weighted by molar-refractivity contribution is -0.123. The van der Waals surface area contributed by atoms with Gasteiger partial charge in [-0.05, 0) is 73.8 Å². The fourth-order valence-electron chi connectivity index (χ4n) is 4.53. The largest absolute Gasteiger partial charge is 0.352 e. The van der Waals surface area contributed by atoms with Crippen LogP contribution >= 0.6 is 0 Å². The Balaban J connectivity index is 1.53. The lowest BCUT2D eigenvalue weighted by atomic mass is 9.87. The molecule has 0 saturated heterocycles. The molecule has 176 valence electrons. The number of carbonyl (C=O) groups is 2. The zero-order valence-electron chi connectivity index (χ0n) is 18.8. The van der Waals surface area contributed by atoms with E-state index in [0.717, 1.165) is 36.8 Å². The van der Waals surface area contributed by atoms with Crippen LogP contribution in [0.1, 0.15) is 50.2 Å². The van der Waals surface area contributed by atoms with E-state index in [1.807, 2.05) is 30.3 Å². The molecule has 2 aromatic rings. The van der Waals surface area contributed by atoms with Gasteiger partial charge in [0.05, 0.1) is 4.90 Å². The summed E-state index contributed by atoms with van der Waals surface area (Å²) >= 11 is 0. The average Bonchev–Trinajstić information content (AvgIpc) is 2.80. The summed E-state index contributed by atoms with van der Waals surface area (Å²) in [4.78, 5) is 24.9. The maximum atomic E-state index is 13.2. The summed E-state index contributed by atoms with van der Waals surface area (Å²) in [5.41, 5.74) is 2.29. The van der Waals surface area contributed by atoms with Crippen LogP contribution in [0.4, 0.5) is 5.69 Å². The van der Waals surface area contributed by atoms with E-state index in [-0.39, 0.29) is 29.2 Å². The van der Waals surface area contributed by atoms with Crippen LogP contribution in [-0.4, -0.2) is 32.3 Å². The number of rotatable bonds is 7. The van der Waals surface area contributed by atoms with Crippen molar-refractivity contribution in [3.63, 3.8) is 0 Å². The highest BCUT2D eigenvalue weighted by atomic mass is 32.2. The Hall–Kier alpha value is -2.71. The first kappa shape index (κ1) is 23.4. The molecule has 2 amide bonds. The van der Waals surface area contributed by atoms with Crippen molar-refractivity contribution in [2.75, 3.05) is 5.32 Å². The molecule has 1 atom stereocenters. The van der Waals surface area contributed by atoms with Gasteiger partial charge in [0.2, 0.25) is 21.8 Å². The Bertz CT molecular complexity index is 1110. The fraction of sp³-hybridized carbons (Fsp3) is 0.440. The van der Waals surface area contributed by atoms with Crippen molar-refractivity contribution in [2.24, 2.45) is 5.92 Å². The molecule has 1 heterocycles. The van der Waals surface area contributed by atoms with Gasteiger partial charge in [-0.2, -0.15) is 4.72 Å². The number of aryl methyl sites for hydroxylation is 1. The maximum Gasteiger partial charge on any atom is 0.241 e. The van der Waals surface area contributed by atoms with E-state index >= 15 is 0 Å². The number of anilines is 1. The molecule has 1 aliphatic carbocycles. The first-order valence-corrected chi connectivity index (χ1v) is 13.1. The molecule has 2 aromatic carbocycles. The minimum atomic E-state index is -3.94. The van der Waals surface area contributed by atoms with Gasteiger partial charge in [0, 0.05) is 18.2 Å². The van der Waals surface area contributed by atoms with Gasteiger partial charge in [0.15, 0.2) is 0 Å². The second kappa shape index (κ2) is 10.1. The number of carbonyl (C=O) groups excluding carboxylic acids is 2. The predicted octanol–water partition coefficient (Wildman–Crippen LogP) is 3.16. The number of hydrogen-bond donors (Lipinski definition) is 3. The van der Waals surface area contributed by atoms with Crippen LogP contribution < -0.4 is 15.4 Å². The number of hydrogen-bond acceptors (Lipinski definition) is 4. The van der Waals surface area contributed by atoms with Crippen molar-refractivity contribution >= 4 is 27.5 Å². The van der Waals surface area contributed by atoms with Gasteiger partial charge >= 0.3 is 0 Å². The van der Waals surface area contributed by atoms with Gasteiger partial charge in [0.25, 0.3) is 0 Å². The molecular formula is C25H31N3O4S. The quantitative estimate of drug-likeness (QED) is 0.579. The van der Waals surface area contributed by atoms with Crippen LogP contribution in [-0.2, 0) is 32.5 Å². The Labute approximate surface area is 195 Å². The Morgan fingerprint density at radius 2 is 1.79 bits per heavy atom. The van der Waals surface area contributed by atoms with Gasteiger partial charge in [-0.15, -0.1) is 0 Å². The number of nitrogens with one attached hydrogen (secondary N) is 3. The van der Waals surface area contributed by atoms with Crippen LogP contribution in [0.2, 0.25) is 0 Å². The summed E-state index contributed by atoms with van der Waals surface area (Å²) in [6.45, 7) is 2.22. The Morgan fingerprint density at radius 3 is 2.52 bits per heavy atom. The van der Waals surface area contributed by atoms with E-state index in [0.29, 0.717) is 24.4 Å². The molecule has 0 spiro atoms. The molecule has 33 heavy (non-hydrogen) atoms. The molecular weight excluding hydrogens is 438 g/mol. The molecule has 0 unspecified atom stereocenters. The second-order valence-corrected chi connectivity index (χ2v) is 10.9. The number of sulfonamides is 1. The van der Waals surface area contributed by atoms with E-state index in [1.54, 1.807) is 12.1 Å². The molecule has 4 rings (SSSR count). The minimum absolute atomic E-state index is 0.0730. The van der Waals surface area contributed by atoms with E-state index in [4.69, 9.17) is 0 Å². The molecule has 1 aliphatic heterocycles. The molecule has 0 aromatic heterocycles. The Morgan fingerprint density at radius 1 is 1.06 bits per heavy atom. The monoisotopic (exact) mass is 469 g/mol. The zero-order valence-corrected chi connectivity index (χ0v) is 19.7. The average molecular weight is 470 g/mol. The lowest BCUT2D eigenvalue weighted by Crippen LogP contribution is -2.51. The molecule has 1 saturated carbocycles. The van der Waals surface area contributed by atoms with Crippen molar-refractivity contribution in [3.8, 4) is 0 Å². The molecule has 0 bridgehead atoms. The third-order valence-electron chi connectivity index (χ3n) is 6.54. The van der Waals surface area contributed by atoms with E-state index < -0.39 is 16.1 Å². The van der Waals surface area contributed by atoms with Crippen LogP contribution in [0.5, 0.6) is 0 Å². The van der Waals surface area contributed by atoms with Crippen LogP contribution in [0.25, 0.3) is 0 Å². The van der Waals surface area contributed by atoms with Gasteiger partial charge < -0.3 is 10.6 Å². The second-order valence-electron chi connectivity index (χ2n) is 9.20. The molecule has 2 aliphatic rings. The number of amides is 2. The van der Waals surface area contributed by atoms with Gasteiger partial charge in [-0.25, -0.2) is 8.42 Å². The predicted molar refractivity (Wildman–Crippen MR) is 127 cm³/mol. The SMILES string of the molecule is CC1CCC(NC(=O)[C@H](Cc2ccccc2)NS(=O)(=O)c2ccc3c(c2)CCC(=O)N3)CC1. The fourth-order valence-corrected chi connectivity index (χ4v) is 5.77. The van der Waals surface area contributed by atoms with Crippen molar-refractivity contribution < 1.29 is 18.0 Å². The summed E-state index contributed by atoms with van der Waals surface area (Å²) in [5.74, 6) is 0.283. The summed E-state index contributed by atoms with van der Waals surface area (Å²) < 4.78 is 29.1. The van der Waals surface area contributed by atoms with Crippen molar-refractivity contribution in [2.45, 2.75) is 68.8 Å². The van der Waals surface area contributed by atoms with Crippen molar-refractivity contribution in [1.82, 2.24) is 10.0 Å². The van der Waals surface area contributed by atoms with Crippen LogP contribution in [0.15, 0.2) is 53.4 Å². The van der Waals surface area contributed by atoms with Crippen LogP contribution in [0.3, 0.4) is 0 Å². The number of benzene rings is 2. The normalized spacial score (nSPS) is 21.5. The molecule has 1 fully saturated rings. The smallest absolute Gasteiger partial charge is 0.241 e. The zero-order chi connectivity index (χ0) is 23.4.